The molecule has 1 aromatic heterocycles. The average molecular weight is 398 g/mol. The highest BCUT2D eigenvalue weighted by Gasteiger charge is 2.27. The molecular formula is C18H27N3O3S2. The van der Waals surface area contributed by atoms with E-state index in [1.165, 1.54) is 42.6 Å². The van der Waals surface area contributed by atoms with Crippen LogP contribution in [0.2, 0.25) is 0 Å². The maximum absolute atomic E-state index is 12.4. The van der Waals surface area contributed by atoms with E-state index in [0.29, 0.717) is 38.1 Å². The molecule has 1 heterocycles. The van der Waals surface area contributed by atoms with Crippen LogP contribution in [-0.4, -0.2) is 49.1 Å². The van der Waals surface area contributed by atoms with Crippen molar-refractivity contribution in [3.05, 3.63) is 16.0 Å². The number of hydrogen-bond donors (Lipinski definition) is 2. The smallest absolute Gasteiger partial charge is 0.341 e. The zero-order valence-electron chi connectivity index (χ0n) is 16.0. The lowest BCUT2D eigenvalue weighted by Crippen LogP contribution is -2.43. The van der Waals surface area contributed by atoms with Crippen LogP contribution in [-0.2, 0) is 4.74 Å². The number of carbonyl (C=O) groups excluding carboxylic acids is 2. The maximum atomic E-state index is 12.4. The third-order valence-electron chi connectivity index (χ3n) is 4.79. The van der Waals surface area contributed by atoms with Crippen LogP contribution >= 0.6 is 23.6 Å². The van der Waals surface area contributed by atoms with E-state index in [4.69, 9.17) is 17.0 Å². The number of amides is 1. The van der Waals surface area contributed by atoms with Crippen LogP contribution < -0.4 is 10.6 Å². The lowest BCUT2D eigenvalue weighted by atomic mass is 9.86. The van der Waals surface area contributed by atoms with E-state index in [-0.39, 0.29) is 5.91 Å². The molecule has 2 unspecified atom stereocenters. The molecular weight excluding hydrogens is 370 g/mol. The quantitative estimate of drug-likeness (QED) is 0.599. The molecule has 1 amide bonds. The summed E-state index contributed by atoms with van der Waals surface area (Å²) < 4.78 is 4.90. The monoisotopic (exact) mass is 397 g/mol. The predicted molar refractivity (Wildman–Crippen MR) is 109 cm³/mol. The molecule has 1 aromatic rings. The van der Waals surface area contributed by atoms with Gasteiger partial charge in [-0.25, -0.2) is 4.79 Å². The fraction of sp³-hybridized carbons (Fsp3) is 0.611. The van der Waals surface area contributed by atoms with Gasteiger partial charge >= 0.3 is 5.97 Å². The summed E-state index contributed by atoms with van der Waals surface area (Å²) in [6.07, 6.45) is 4.72. The number of nitrogens with one attached hydrogen (secondary N) is 2. The van der Waals surface area contributed by atoms with E-state index in [0.717, 1.165) is 6.42 Å². The molecule has 1 saturated carbocycles. The molecule has 2 rings (SSSR count). The summed E-state index contributed by atoms with van der Waals surface area (Å²) in [5.74, 6) is -0.0714. The summed E-state index contributed by atoms with van der Waals surface area (Å²) in [7, 11) is 4.70. The van der Waals surface area contributed by atoms with Crippen molar-refractivity contribution in [3.63, 3.8) is 0 Å². The van der Waals surface area contributed by atoms with Gasteiger partial charge in [-0.3, -0.25) is 4.79 Å². The molecule has 0 spiro atoms. The first-order chi connectivity index (χ1) is 12.3. The van der Waals surface area contributed by atoms with E-state index in [1.54, 1.807) is 21.0 Å². The van der Waals surface area contributed by atoms with Crippen molar-refractivity contribution in [3.8, 4) is 0 Å². The second kappa shape index (κ2) is 8.81. The number of thiophene rings is 1. The zero-order valence-corrected chi connectivity index (χ0v) is 17.6. The topological polar surface area (TPSA) is 70.7 Å². The normalized spacial score (nSPS) is 19.6. The minimum absolute atomic E-state index is 0.148. The summed E-state index contributed by atoms with van der Waals surface area (Å²) in [5.41, 5.74) is 0.973. The first-order valence-electron chi connectivity index (χ1n) is 8.77. The fourth-order valence-corrected chi connectivity index (χ4v) is 4.73. The summed E-state index contributed by atoms with van der Waals surface area (Å²) in [6.45, 7) is 3.98. The van der Waals surface area contributed by atoms with Crippen LogP contribution in [0.3, 0.4) is 0 Å². The largest absolute Gasteiger partial charge is 0.465 e. The molecule has 1 aliphatic carbocycles. The summed E-state index contributed by atoms with van der Waals surface area (Å²) in [6, 6.07) is 0.328. The van der Waals surface area contributed by atoms with Gasteiger partial charge in [0.2, 0.25) is 0 Å². The minimum Gasteiger partial charge on any atom is -0.465 e. The van der Waals surface area contributed by atoms with Gasteiger partial charge in [-0.1, -0.05) is 19.8 Å². The number of hydrogen-bond acceptors (Lipinski definition) is 5. The Morgan fingerprint density at radius 3 is 2.50 bits per heavy atom. The highest BCUT2D eigenvalue weighted by Crippen LogP contribution is 2.34. The van der Waals surface area contributed by atoms with Crippen LogP contribution in [0, 0.1) is 12.8 Å². The van der Waals surface area contributed by atoms with Gasteiger partial charge in [-0.2, -0.15) is 0 Å². The molecule has 0 aromatic carbocycles. The Labute approximate surface area is 164 Å². The molecule has 0 saturated heterocycles. The van der Waals surface area contributed by atoms with Crippen LogP contribution in [0.1, 0.15) is 58.2 Å². The van der Waals surface area contributed by atoms with Crippen LogP contribution in [0.5, 0.6) is 0 Å². The van der Waals surface area contributed by atoms with Gasteiger partial charge in [0.25, 0.3) is 5.91 Å². The van der Waals surface area contributed by atoms with Gasteiger partial charge in [0.1, 0.15) is 5.00 Å². The second-order valence-electron chi connectivity index (χ2n) is 6.92. The number of methoxy groups -OCH3 is 1. The number of thiocarbonyl (C=S) groups is 1. The zero-order chi connectivity index (χ0) is 19.4. The van der Waals surface area contributed by atoms with Gasteiger partial charge in [0.05, 0.1) is 17.6 Å². The van der Waals surface area contributed by atoms with E-state index < -0.39 is 5.97 Å². The number of rotatable bonds is 4. The molecule has 1 aliphatic rings. The summed E-state index contributed by atoms with van der Waals surface area (Å²) in [4.78, 5) is 26.6. The van der Waals surface area contributed by atoms with Crippen molar-refractivity contribution in [2.24, 2.45) is 5.92 Å². The van der Waals surface area contributed by atoms with Crippen LogP contribution in [0.25, 0.3) is 0 Å². The van der Waals surface area contributed by atoms with Crippen molar-refractivity contribution in [1.82, 2.24) is 10.2 Å². The van der Waals surface area contributed by atoms with E-state index >= 15 is 0 Å². The third kappa shape index (κ3) is 4.54. The molecule has 2 atom stereocenters. The SMILES string of the molecule is COC(=O)c1c(NC(=S)NC2CCCCC2C)sc(C(=O)N(C)C)c1C. The number of nitrogens with zero attached hydrogens (tertiary/aromatic N) is 1. The van der Waals surface area contributed by atoms with Crippen molar-refractivity contribution in [1.29, 1.82) is 0 Å². The lowest BCUT2D eigenvalue weighted by Gasteiger charge is -2.30. The molecule has 6 nitrogen and oxygen atoms in total. The molecule has 8 heteroatoms. The highest BCUT2D eigenvalue weighted by atomic mass is 32.1. The lowest BCUT2D eigenvalue weighted by molar-refractivity contribution is 0.0601. The van der Waals surface area contributed by atoms with Gasteiger partial charge < -0.3 is 20.3 Å². The first kappa shape index (κ1) is 20.6. The average Bonchev–Trinajstić information content (AvgIpc) is 2.91. The Bertz CT molecular complexity index is 700. The van der Waals surface area contributed by atoms with Gasteiger partial charge in [0.15, 0.2) is 5.11 Å². The Kier molecular flexibility index (Phi) is 7.00. The summed E-state index contributed by atoms with van der Waals surface area (Å²) >= 11 is 6.69. The standard InChI is InChI=1S/C18H27N3O3S2/c1-10-8-6-7-9-12(10)19-18(25)20-15-13(17(23)24-5)11(2)14(26-15)16(22)21(3)4/h10,12H,6-9H2,1-5H3,(H2,19,20,25). The molecule has 0 radical (unpaired) electrons. The minimum atomic E-state index is -0.479. The Balaban J connectivity index is 2.24. The van der Waals surface area contributed by atoms with E-state index in [1.807, 2.05) is 0 Å². The predicted octanol–water partition coefficient (Wildman–Crippen LogP) is 3.41. The molecule has 0 bridgehead atoms. The van der Waals surface area contributed by atoms with E-state index in [2.05, 4.69) is 17.6 Å². The fourth-order valence-electron chi connectivity index (χ4n) is 3.19. The first-order valence-corrected chi connectivity index (χ1v) is 9.99. The molecule has 2 N–H and O–H groups in total. The number of ether oxygens (including phenoxy) is 1. The van der Waals surface area contributed by atoms with E-state index in [9.17, 15) is 9.59 Å². The Hall–Kier alpha value is -1.67. The Morgan fingerprint density at radius 2 is 1.92 bits per heavy atom. The van der Waals surface area contributed by atoms with Gasteiger partial charge in [0, 0.05) is 20.1 Å². The highest BCUT2D eigenvalue weighted by molar-refractivity contribution is 7.80. The van der Waals surface area contributed by atoms with Gasteiger partial charge in [-0.15, -0.1) is 11.3 Å². The van der Waals surface area contributed by atoms with Crippen LogP contribution in [0.4, 0.5) is 5.00 Å². The second-order valence-corrected chi connectivity index (χ2v) is 8.35. The molecule has 26 heavy (non-hydrogen) atoms. The molecule has 1 fully saturated rings. The Morgan fingerprint density at radius 1 is 1.27 bits per heavy atom. The number of esters is 1. The van der Waals surface area contributed by atoms with Crippen molar-refractivity contribution >= 4 is 45.5 Å². The number of anilines is 1. The van der Waals surface area contributed by atoms with Crippen molar-refractivity contribution in [2.75, 3.05) is 26.5 Å². The molecule has 0 aliphatic heterocycles. The van der Waals surface area contributed by atoms with Crippen LogP contribution in [0.15, 0.2) is 0 Å². The third-order valence-corrected chi connectivity index (χ3v) is 6.21. The summed E-state index contributed by atoms with van der Waals surface area (Å²) in [5, 5.41) is 7.49. The molecule has 144 valence electrons. The maximum Gasteiger partial charge on any atom is 0.341 e. The van der Waals surface area contributed by atoms with Crippen molar-refractivity contribution in [2.45, 2.75) is 45.6 Å². The van der Waals surface area contributed by atoms with Gasteiger partial charge in [-0.05, 0) is 43.5 Å². The van der Waals surface area contributed by atoms with Crippen molar-refractivity contribution < 1.29 is 14.3 Å². The number of carbonyl (C=O) groups is 2.